The second-order valence-corrected chi connectivity index (χ2v) is 28.6. The van der Waals surface area contributed by atoms with E-state index in [1.165, 1.54) is 156 Å². The summed E-state index contributed by atoms with van der Waals surface area (Å²) in [6.45, 7) is 9.17. The summed E-state index contributed by atoms with van der Waals surface area (Å²) in [6, 6.07) is 17.2. The van der Waals surface area contributed by atoms with Crippen LogP contribution in [0.25, 0.3) is 11.0 Å². The first-order valence-corrected chi connectivity index (χ1v) is 37.9. The Kier molecular flexibility index (Phi) is 32.5. The topological polar surface area (TPSA) is 356 Å². The summed E-state index contributed by atoms with van der Waals surface area (Å²) in [4.78, 5) is 18.0. The number of ether oxygens (including phenoxy) is 6. The molecule has 7 heterocycles. The molecule has 0 amide bonds. The van der Waals surface area contributed by atoms with Crippen LogP contribution in [0, 0.1) is 22.7 Å². The Hall–Kier alpha value is -4.93. The molecule has 3 fully saturated rings. The minimum Gasteiger partial charge on any atom is -0.402 e. The van der Waals surface area contributed by atoms with Gasteiger partial charge in [0.15, 0.2) is 17.4 Å². The third-order valence-corrected chi connectivity index (χ3v) is 19.9. The van der Waals surface area contributed by atoms with Crippen LogP contribution < -0.4 is 16.0 Å². The second kappa shape index (κ2) is 39.8. The van der Waals surface area contributed by atoms with E-state index in [1.54, 1.807) is 56.3 Å². The Balaban J connectivity index is 0.000000277. The number of nitrogens with zero attached hydrogens (tertiary/aromatic N) is 8. The summed E-state index contributed by atoms with van der Waals surface area (Å²) in [5.41, 5.74) is 9.57. The van der Waals surface area contributed by atoms with Gasteiger partial charge >= 0.3 is 15.6 Å². The fraction of sp³-hybridized carbons (Fsp3) is 0.701. The summed E-state index contributed by atoms with van der Waals surface area (Å²) in [5, 5.41) is 50.5. The van der Waals surface area contributed by atoms with Crippen molar-refractivity contribution in [2.45, 2.75) is 248 Å². The molecule has 0 aliphatic carbocycles. The van der Waals surface area contributed by atoms with Crippen LogP contribution in [0.1, 0.15) is 206 Å². The zero-order valence-corrected chi connectivity index (χ0v) is 59.0. The lowest BCUT2D eigenvalue weighted by atomic mass is 9.92. The van der Waals surface area contributed by atoms with Crippen LogP contribution in [0.2, 0.25) is 5.02 Å². The van der Waals surface area contributed by atoms with Crippen molar-refractivity contribution in [2.75, 3.05) is 64.3 Å². The van der Waals surface area contributed by atoms with Crippen molar-refractivity contribution in [1.29, 1.82) is 10.5 Å². The number of nitrogens with two attached hydrogens (primary N) is 2. The number of hydrogen-bond donors (Lipinski definition) is 5. The molecule has 5 aromatic rings. The lowest BCUT2D eigenvalue weighted by Gasteiger charge is -2.29. The molecular weight excluding hydrogens is 1300 g/mol. The van der Waals surface area contributed by atoms with Gasteiger partial charge in [-0.1, -0.05) is 179 Å². The smallest absolute Gasteiger partial charge is 0.402 e. The van der Waals surface area contributed by atoms with Crippen molar-refractivity contribution in [2.24, 2.45) is 0 Å². The molecule has 0 saturated carbocycles. The Morgan fingerprint density at radius 1 is 0.562 bits per heavy atom. The number of nitriles is 2. The lowest BCUT2D eigenvalue weighted by Crippen LogP contribution is -2.41. The molecular formula is C67H103ClN10O16P2. The van der Waals surface area contributed by atoms with Crippen LogP contribution in [0.5, 0.6) is 5.75 Å². The van der Waals surface area contributed by atoms with E-state index < -0.39 is 75.9 Å². The largest absolute Gasteiger partial charge is 0.530 e. The Morgan fingerprint density at radius 2 is 1.01 bits per heavy atom. The molecule has 1 aromatic carbocycles. The van der Waals surface area contributed by atoms with E-state index in [2.05, 4.69) is 40.1 Å². The van der Waals surface area contributed by atoms with Crippen molar-refractivity contribution in [3.8, 4) is 17.9 Å². The first-order valence-electron chi connectivity index (χ1n) is 34.5. The van der Waals surface area contributed by atoms with E-state index in [-0.39, 0.29) is 47.9 Å². The highest BCUT2D eigenvalue weighted by atomic mass is 35.5. The molecule has 0 radical (unpaired) electrons. The number of phosphoric ester groups is 2. The van der Waals surface area contributed by atoms with Gasteiger partial charge in [0.2, 0.25) is 11.2 Å². The molecule has 10 atom stereocenters. The van der Waals surface area contributed by atoms with E-state index >= 15 is 0 Å². The number of benzene rings is 1. The number of halogens is 1. The van der Waals surface area contributed by atoms with Crippen molar-refractivity contribution in [3.05, 3.63) is 77.6 Å². The van der Waals surface area contributed by atoms with Gasteiger partial charge in [-0.2, -0.15) is 20.7 Å². The van der Waals surface area contributed by atoms with Crippen LogP contribution in [-0.4, -0.2) is 140 Å². The van der Waals surface area contributed by atoms with Crippen molar-refractivity contribution in [1.82, 2.24) is 29.2 Å². The number of aliphatic hydroxyl groups excluding tert-OH is 2. The Labute approximate surface area is 570 Å². The number of fused-ring (bicyclic) bond motifs is 3. The zero-order valence-electron chi connectivity index (χ0n) is 56.4. The Morgan fingerprint density at radius 3 is 1.51 bits per heavy atom. The van der Waals surface area contributed by atoms with Crippen molar-refractivity contribution in [3.63, 3.8) is 0 Å². The first kappa shape index (κ1) is 78.4. The van der Waals surface area contributed by atoms with Crippen molar-refractivity contribution < 1.29 is 75.3 Å². The summed E-state index contributed by atoms with van der Waals surface area (Å²) < 4.78 is 92.9. The van der Waals surface area contributed by atoms with Crippen LogP contribution in [0.3, 0.4) is 0 Å². The number of nitrogen functional groups attached to an aromatic ring is 2. The molecule has 4 aromatic heterocycles. The second-order valence-electron chi connectivity index (χ2n) is 25.2. The maximum Gasteiger partial charge on any atom is 0.530 e. The minimum atomic E-state index is -4.49. The summed E-state index contributed by atoms with van der Waals surface area (Å²) in [7, 11) is -8.77. The number of anilines is 2. The predicted octanol–water partition coefficient (Wildman–Crippen LogP) is 13.3. The van der Waals surface area contributed by atoms with Gasteiger partial charge in [-0.15, -0.1) is 0 Å². The first-order chi connectivity index (χ1) is 46.4. The monoisotopic (exact) mass is 1400 g/mol. The van der Waals surface area contributed by atoms with Gasteiger partial charge < -0.3 is 59.5 Å². The van der Waals surface area contributed by atoms with Gasteiger partial charge in [-0.25, -0.2) is 28.1 Å². The highest BCUT2D eigenvalue weighted by Crippen LogP contribution is 2.54. The molecule has 534 valence electrons. The highest BCUT2D eigenvalue weighted by molar-refractivity contribution is 7.49. The number of aromatic nitrogens is 6. The fourth-order valence-electron chi connectivity index (χ4n) is 12.1. The average molecular weight is 1400 g/mol. The van der Waals surface area contributed by atoms with Crippen LogP contribution in [-0.2, 0) is 66.8 Å². The standard InChI is InChI=1S/C38H55ClN5O8P.C29H48N5O8P/c1-4-5-6-7-8-9-10-11-12-13-14-17-23-46-24-18-25-47-53(45,52-31-20-16-15-19-29(31)39)48-26-32-34-35(51-37(2,3)50-34)38(27-40,49-32)33-22-21-30-36(41)42-28-43-44(30)33;1-2-3-4-5-6-7-8-9-10-11-12-13-17-39-18-14-19-40-43(37,38)41-20-24-26(35)27(36)29(21-30,42-24)25-16-15-23-28(31)32-22-33-34(23)25/h15-16,19-22,28,32,34-35H,4-14,17-18,23-26H2,1-3H3,(H2,41,42,43);15-16,22,24,26-27,35-36H,2-14,17-20H2,1H3,(H,37,38)(H2,31,32,33)/t32-,34-,35-,38+,53?;24-,26-,27-,29+/m11/s1. The maximum absolute atomic E-state index is 14.1. The summed E-state index contributed by atoms with van der Waals surface area (Å²) in [6.07, 6.45) is 26.9. The SMILES string of the molecule is CCCCCCCCCCCCCCOCCCOP(=O)(O)OC[C@H]1O[C@@](C#N)(c2ccc3c(N)ncnn23)[C@H](O)[C@@H]1O.CCCCCCCCCCCCCCOCCCOP(=O)(OC[C@H]1O[C@@](C#N)(c2ccc3c(N)ncnn23)[C@@H]2OC(C)(C)O[C@@H]21)Oc1ccccc1Cl. The van der Waals surface area contributed by atoms with Gasteiger partial charge in [0.1, 0.15) is 78.2 Å². The third kappa shape index (κ3) is 22.5. The van der Waals surface area contributed by atoms with Gasteiger partial charge in [0.25, 0.3) is 0 Å². The molecule has 2 unspecified atom stereocenters. The van der Waals surface area contributed by atoms with E-state index in [9.17, 15) is 34.8 Å². The maximum atomic E-state index is 14.1. The molecule has 3 aliphatic rings. The fourth-order valence-corrected chi connectivity index (χ4v) is 14.3. The summed E-state index contributed by atoms with van der Waals surface area (Å²) >= 11 is 6.35. The van der Waals surface area contributed by atoms with E-state index in [4.69, 9.17) is 74.1 Å². The Bertz CT molecular complexity index is 3300. The third-order valence-electron chi connectivity index (χ3n) is 17.2. The number of phosphoric acid groups is 2. The molecule has 7 N–H and O–H groups in total. The van der Waals surface area contributed by atoms with Crippen LogP contribution in [0.15, 0.2) is 61.2 Å². The molecule has 29 heteroatoms. The van der Waals surface area contributed by atoms with Gasteiger partial charge in [-0.05, 0) is 75.9 Å². The molecule has 0 spiro atoms. The molecule has 3 aliphatic heterocycles. The highest BCUT2D eigenvalue weighted by Gasteiger charge is 2.66. The number of aliphatic hydroxyl groups is 2. The van der Waals surface area contributed by atoms with Crippen LogP contribution in [0.4, 0.5) is 11.6 Å². The molecule has 26 nitrogen and oxygen atoms in total. The quantitative estimate of drug-likeness (QED) is 0.0178. The van der Waals surface area contributed by atoms with Gasteiger partial charge in [-0.3, -0.25) is 18.1 Å². The van der Waals surface area contributed by atoms with Crippen LogP contribution >= 0.6 is 27.2 Å². The number of para-hydroxylation sites is 1. The molecule has 3 saturated heterocycles. The lowest BCUT2D eigenvalue weighted by molar-refractivity contribution is -0.204. The molecule has 96 heavy (non-hydrogen) atoms. The predicted molar refractivity (Wildman–Crippen MR) is 361 cm³/mol. The number of rotatable bonds is 46. The average Bonchev–Trinajstić information content (AvgIpc) is 1.56. The molecule has 0 bridgehead atoms. The van der Waals surface area contributed by atoms with Gasteiger partial charge in [0, 0.05) is 26.4 Å². The minimum absolute atomic E-state index is 0.0454. The van der Waals surface area contributed by atoms with E-state index in [0.29, 0.717) is 56.0 Å². The van der Waals surface area contributed by atoms with E-state index in [1.807, 2.05) is 6.07 Å². The summed E-state index contributed by atoms with van der Waals surface area (Å²) in [5.74, 6) is -0.532. The normalized spacial score (nSPS) is 23.3. The molecule has 8 rings (SSSR count). The van der Waals surface area contributed by atoms with E-state index in [0.717, 1.165) is 25.7 Å². The van der Waals surface area contributed by atoms with Crippen molar-refractivity contribution >= 4 is 49.9 Å². The van der Waals surface area contributed by atoms with Gasteiger partial charge in [0.05, 0.1) is 42.8 Å². The number of hydrogen-bond acceptors (Lipinski definition) is 23. The zero-order chi connectivity index (χ0) is 68.9. The number of unbranched alkanes of at least 4 members (excludes halogenated alkanes) is 22.